The first-order valence-corrected chi connectivity index (χ1v) is 6.77. The minimum Gasteiger partial charge on any atom is -0.477 e. The van der Waals surface area contributed by atoms with Crippen molar-refractivity contribution in [3.63, 3.8) is 0 Å². The van der Waals surface area contributed by atoms with Crippen LogP contribution in [0.5, 0.6) is 5.88 Å². The van der Waals surface area contributed by atoms with Crippen LogP contribution in [0.15, 0.2) is 5.16 Å². The van der Waals surface area contributed by atoms with E-state index in [1.54, 1.807) is 11.7 Å². The van der Waals surface area contributed by atoms with Crippen LogP contribution in [0.25, 0.3) is 0 Å². The van der Waals surface area contributed by atoms with Gasteiger partial charge in [0, 0.05) is 7.05 Å². The van der Waals surface area contributed by atoms with Crippen LogP contribution in [0, 0.1) is 12.8 Å². The van der Waals surface area contributed by atoms with Crippen LogP contribution in [-0.4, -0.2) is 27.4 Å². The molecule has 1 heterocycles. The molecular weight excluding hydrogens is 244 g/mol. The summed E-state index contributed by atoms with van der Waals surface area (Å²) in [5.74, 6) is 1.23. The number of hydrogen-bond acceptors (Lipinski definition) is 4. The number of ether oxygens (including phenoxy) is 1. The highest BCUT2D eigenvalue weighted by Gasteiger charge is 2.21. The first-order chi connectivity index (χ1) is 9.13. The average molecular weight is 266 g/mol. The topological polar surface area (TPSA) is 85.7 Å². The molecule has 1 aromatic heterocycles. The molecule has 1 aliphatic rings. The Balaban J connectivity index is 2.10. The van der Waals surface area contributed by atoms with E-state index in [1.807, 2.05) is 6.92 Å². The standard InChI is InChI=1S/C13H22N4O2/c1-9-11(12(14)16-18)13(17(2)15-9)19-8-10-6-4-3-5-7-10/h10,18H,3-8H2,1-2H3,(H2,14,16). The van der Waals surface area contributed by atoms with E-state index in [4.69, 9.17) is 15.7 Å². The molecule has 1 aromatic rings. The lowest BCUT2D eigenvalue weighted by Gasteiger charge is -2.21. The summed E-state index contributed by atoms with van der Waals surface area (Å²) in [5.41, 5.74) is 6.97. The Morgan fingerprint density at radius 2 is 2.16 bits per heavy atom. The van der Waals surface area contributed by atoms with Gasteiger partial charge in [0.25, 0.3) is 0 Å². The Labute approximate surface area is 113 Å². The van der Waals surface area contributed by atoms with Crippen LogP contribution in [0.4, 0.5) is 0 Å². The predicted octanol–water partition coefficient (Wildman–Crippen LogP) is 1.78. The molecule has 0 spiro atoms. The van der Waals surface area contributed by atoms with E-state index in [0.29, 0.717) is 29.7 Å². The maximum atomic E-state index is 8.83. The van der Waals surface area contributed by atoms with Crippen molar-refractivity contribution in [1.29, 1.82) is 0 Å². The lowest BCUT2D eigenvalue weighted by atomic mass is 9.90. The first-order valence-electron chi connectivity index (χ1n) is 6.77. The molecule has 0 saturated heterocycles. The van der Waals surface area contributed by atoms with E-state index < -0.39 is 0 Å². The van der Waals surface area contributed by atoms with Crippen molar-refractivity contribution >= 4 is 5.84 Å². The number of hydrogen-bond donors (Lipinski definition) is 2. The van der Waals surface area contributed by atoms with E-state index in [9.17, 15) is 0 Å². The lowest BCUT2D eigenvalue weighted by Crippen LogP contribution is -2.19. The molecule has 6 heteroatoms. The predicted molar refractivity (Wildman–Crippen MR) is 72.5 cm³/mol. The van der Waals surface area contributed by atoms with Gasteiger partial charge in [0.05, 0.1) is 12.3 Å². The first kappa shape index (κ1) is 13.7. The van der Waals surface area contributed by atoms with Crippen LogP contribution in [0.2, 0.25) is 0 Å². The van der Waals surface area contributed by atoms with Gasteiger partial charge in [-0.1, -0.05) is 24.4 Å². The summed E-state index contributed by atoms with van der Waals surface area (Å²) >= 11 is 0. The summed E-state index contributed by atoms with van der Waals surface area (Å²) in [7, 11) is 1.80. The van der Waals surface area contributed by atoms with E-state index in [1.165, 1.54) is 32.1 Å². The third kappa shape index (κ3) is 3.00. The number of amidine groups is 1. The minimum absolute atomic E-state index is 0.0456. The quantitative estimate of drug-likeness (QED) is 0.376. The fourth-order valence-electron chi connectivity index (χ4n) is 2.70. The Bertz CT molecular complexity index is 461. The van der Waals surface area contributed by atoms with Crippen LogP contribution >= 0.6 is 0 Å². The van der Waals surface area contributed by atoms with Gasteiger partial charge >= 0.3 is 0 Å². The zero-order valence-corrected chi connectivity index (χ0v) is 11.6. The summed E-state index contributed by atoms with van der Waals surface area (Å²) in [6, 6.07) is 0. The second kappa shape index (κ2) is 5.95. The Morgan fingerprint density at radius 1 is 1.47 bits per heavy atom. The normalized spacial score (nSPS) is 17.7. The number of rotatable bonds is 4. The van der Waals surface area contributed by atoms with Crippen molar-refractivity contribution in [3.8, 4) is 5.88 Å². The second-order valence-corrected chi connectivity index (χ2v) is 5.19. The summed E-state index contributed by atoms with van der Waals surface area (Å²) in [6.45, 7) is 2.49. The van der Waals surface area contributed by atoms with Gasteiger partial charge in [0.15, 0.2) is 5.84 Å². The van der Waals surface area contributed by atoms with Gasteiger partial charge in [0.2, 0.25) is 5.88 Å². The van der Waals surface area contributed by atoms with E-state index in [0.717, 1.165) is 0 Å². The molecule has 0 radical (unpaired) electrons. The fraction of sp³-hybridized carbons (Fsp3) is 0.692. The molecule has 0 atom stereocenters. The van der Waals surface area contributed by atoms with E-state index >= 15 is 0 Å². The molecule has 0 aromatic carbocycles. The highest BCUT2D eigenvalue weighted by molar-refractivity contribution is 6.00. The molecular formula is C13H22N4O2. The Kier molecular flexibility index (Phi) is 4.29. The summed E-state index contributed by atoms with van der Waals surface area (Å²) in [6.07, 6.45) is 6.33. The van der Waals surface area contributed by atoms with Gasteiger partial charge in [-0.3, -0.25) is 0 Å². The molecule has 1 fully saturated rings. The number of nitrogens with two attached hydrogens (primary N) is 1. The average Bonchev–Trinajstić information content (AvgIpc) is 2.71. The lowest BCUT2D eigenvalue weighted by molar-refractivity contribution is 0.196. The van der Waals surface area contributed by atoms with Crippen molar-refractivity contribution in [2.24, 2.45) is 23.9 Å². The number of nitrogens with zero attached hydrogens (tertiary/aromatic N) is 3. The summed E-state index contributed by atoms with van der Waals surface area (Å²) in [4.78, 5) is 0. The van der Waals surface area contributed by atoms with Crippen molar-refractivity contribution in [2.75, 3.05) is 6.61 Å². The molecule has 19 heavy (non-hydrogen) atoms. The van der Waals surface area contributed by atoms with Crippen LogP contribution in [0.3, 0.4) is 0 Å². The van der Waals surface area contributed by atoms with Gasteiger partial charge in [-0.15, -0.1) is 0 Å². The molecule has 0 aliphatic heterocycles. The third-order valence-corrected chi connectivity index (χ3v) is 3.71. The van der Waals surface area contributed by atoms with Crippen molar-refractivity contribution in [3.05, 3.63) is 11.3 Å². The van der Waals surface area contributed by atoms with Crippen molar-refractivity contribution in [1.82, 2.24) is 9.78 Å². The van der Waals surface area contributed by atoms with Crippen molar-refractivity contribution in [2.45, 2.75) is 39.0 Å². The Hall–Kier alpha value is -1.72. The van der Waals surface area contributed by atoms with Gasteiger partial charge in [-0.2, -0.15) is 5.10 Å². The second-order valence-electron chi connectivity index (χ2n) is 5.19. The molecule has 3 N–H and O–H groups in total. The number of aromatic nitrogens is 2. The van der Waals surface area contributed by atoms with Crippen LogP contribution < -0.4 is 10.5 Å². The molecule has 0 amide bonds. The van der Waals surface area contributed by atoms with Crippen LogP contribution in [-0.2, 0) is 7.05 Å². The molecule has 106 valence electrons. The molecule has 0 unspecified atom stereocenters. The smallest absolute Gasteiger partial charge is 0.223 e. The maximum Gasteiger partial charge on any atom is 0.223 e. The molecule has 1 aliphatic carbocycles. The fourth-order valence-corrected chi connectivity index (χ4v) is 2.70. The molecule has 1 saturated carbocycles. The molecule has 0 bridgehead atoms. The summed E-state index contributed by atoms with van der Waals surface area (Å²) < 4.78 is 7.52. The zero-order chi connectivity index (χ0) is 13.8. The maximum absolute atomic E-state index is 8.83. The summed E-state index contributed by atoms with van der Waals surface area (Å²) in [5, 5.41) is 16.1. The van der Waals surface area contributed by atoms with Crippen molar-refractivity contribution < 1.29 is 9.94 Å². The zero-order valence-electron chi connectivity index (χ0n) is 11.6. The SMILES string of the molecule is Cc1nn(C)c(OCC2CCCCC2)c1C(N)=NO. The minimum atomic E-state index is 0.0456. The van der Waals surface area contributed by atoms with E-state index in [2.05, 4.69) is 10.3 Å². The number of aryl methyl sites for hydroxylation is 2. The van der Waals surface area contributed by atoms with Gasteiger partial charge < -0.3 is 15.7 Å². The highest BCUT2D eigenvalue weighted by atomic mass is 16.5. The molecule has 6 nitrogen and oxygen atoms in total. The molecule has 2 rings (SSSR count). The van der Waals surface area contributed by atoms with E-state index in [-0.39, 0.29) is 5.84 Å². The number of oxime groups is 1. The highest BCUT2D eigenvalue weighted by Crippen LogP contribution is 2.26. The monoisotopic (exact) mass is 266 g/mol. The van der Waals surface area contributed by atoms with Gasteiger partial charge in [-0.25, -0.2) is 4.68 Å². The van der Waals surface area contributed by atoms with Crippen LogP contribution in [0.1, 0.15) is 43.4 Å². The largest absolute Gasteiger partial charge is 0.477 e. The van der Waals surface area contributed by atoms with Gasteiger partial charge in [0.1, 0.15) is 5.56 Å². The Morgan fingerprint density at radius 3 is 2.79 bits per heavy atom. The third-order valence-electron chi connectivity index (χ3n) is 3.71. The van der Waals surface area contributed by atoms with Gasteiger partial charge in [-0.05, 0) is 25.7 Å².